The normalized spacial score (nSPS) is 13.0. The highest BCUT2D eigenvalue weighted by Gasteiger charge is 2.08. The molecule has 94 valence electrons. The van der Waals surface area contributed by atoms with Gasteiger partial charge in [0.25, 0.3) is 0 Å². The molecule has 0 aliphatic heterocycles. The number of hydrogen-bond acceptors (Lipinski definition) is 3. The smallest absolute Gasteiger partial charge is 0.102 e. The molecular formula is C14H17N3O. The van der Waals surface area contributed by atoms with E-state index < -0.39 is 0 Å². The van der Waals surface area contributed by atoms with Gasteiger partial charge in [-0.1, -0.05) is 30.3 Å². The summed E-state index contributed by atoms with van der Waals surface area (Å²) in [6, 6.07) is 10.1. The van der Waals surface area contributed by atoms with E-state index in [1.165, 1.54) is 0 Å². The lowest BCUT2D eigenvalue weighted by Crippen LogP contribution is -2.05. The molecule has 1 heterocycles. The van der Waals surface area contributed by atoms with Gasteiger partial charge in [-0.3, -0.25) is 4.99 Å². The Hall–Kier alpha value is -1.94. The average Bonchev–Trinajstić information content (AvgIpc) is 2.81. The molecule has 1 aromatic heterocycles. The number of rotatable bonds is 5. The van der Waals surface area contributed by atoms with Crippen LogP contribution in [0.5, 0.6) is 0 Å². The number of aromatic nitrogens is 2. The van der Waals surface area contributed by atoms with Crippen molar-refractivity contribution >= 4 is 6.21 Å². The molecular weight excluding hydrogens is 226 g/mol. The van der Waals surface area contributed by atoms with E-state index >= 15 is 0 Å². The zero-order valence-corrected chi connectivity index (χ0v) is 10.7. The maximum absolute atomic E-state index is 5.44. The van der Waals surface area contributed by atoms with Crippen molar-refractivity contribution in [2.24, 2.45) is 12.0 Å². The number of benzene rings is 1. The molecule has 18 heavy (non-hydrogen) atoms. The van der Waals surface area contributed by atoms with Crippen LogP contribution in [0.2, 0.25) is 0 Å². The van der Waals surface area contributed by atoms with Gasteiger partial charge in [-0.05, 0) is 5.56 Å². The van der Waals surface area contributed by atoms with Gasteiger partial charge in [-0.15, -0.1) is 0 Å². The van der Waals surface area contributed by atoms with Gasteiger partial charge in [-0.25, -0.2) is 4.98 Å². The number of ether oxygens (including phenoxy) is 1. The van der Waals surface area contributed by atoms with Crippen molar-refractivity contribution in [3.63, 3.8) is 0 Å². The number of aliphatic imine (C=N–C) groups is 1. The molecule has 1 unspecified atom stereocenters. The first-order valence-corrected chi connectivity index (χ1v) is 5.85. The van der Waals surface area contributed by atoms with Crippen LogP contribution in [0.3, 0.4) is 0 Å². The Balaban J connectivity index is 1.97. The number of imidazole rings is 1. The summed E-state index contributed by atoms with van der Waals surface area (Å²) in [6.45, 7) is 0.594. The van der Waals surface area contributed by atoms with Crippen LogP contribution < -0.4 is 0 Å². The second-order valence-corrected chi connectivity index (χ2v) is 4.09. The van der Waals surface area contributed by atoms with Crippen LogP contribution in [0.25, 0.3) is 0 Å². The third kappa shape index (κ3) is 3.28. The quantitative estimate of drug-likeness (QED) is 0.755. The lowest BCUT2D eigenvalue weighted by atomic mass is 10.1. The van der Waals surface area contributed by atoms with Gasteiger partial charge >= 0.3 is 0 Å². The van der Waals surface area contributed by atoms with Crippen LogP contribution in [-0.2, 0) is 11.8 Å². The second-order valence-electron chi connectivity index (χ2n) is 4.09. The van der Waals surface area contributed by atoms with Crippen LogP contribution in [0, 0.1) is 0 Å². The maximum atomic E-state index is 5.44. The Kier molecular flexibility index (Phi) is 4.25. The molecule has 0 N–H and O–H groups in total. The van der Waals surface area contributed by atoms with Crippen molar-refractivity contribution in [3.05, 3.63) is 54.1 Å². The van der Waals surface area contributed by atoms with Crippen LogP contribution in [-0.4, -0.2) is 29.4 Å². The van der Waals surface area contributed by atoms with E-state index in [-0.39, 0.29) is 6.10 Å². The minimum Gasteiger partial charge on any atom is -0.375 e. The standard InChI is InChI=1S/C14H17N3O/c1-17-10-13(16-11-17)8-15-9-14(18-2)12-6-4-3-5-7-12/h3-8,10-11,14H,9H2,1-2H3. The molecule has 0 bridgehead atoms. The van der Waals surface area contributed by atoms with Crippen LogP contribution in [0.4, 0.5) is 0 Å². The molecule has 0 fully saturated rings. The first-order valence-electron chi connectivity index (χ1n) is 5.85. The second kappa shape index (κ2) is 6.12. The summed E-state index contributed by atoms with van der Waals surface area (Å²) in [5.41, 5.74) is 2.00. The van der Waals surface area contributed by atoms with Crippen molar-refractivity contribution in [1.29, 1.82) is 0 Å². The predicted molar refractivity (Wildman–Crippen MR) is 71.9 cm³/mol. The molecule has 2 aromatic rings. The molecule has 4 nitrogen and oxygen atoms in total. The van der Waals surface area contributed by atoms with Gasteiger partial charge in [0.1, 0.15) is 6.10 Å². The van der Waals surface area contributed by atoms with Crippen molar-refractivity contribution in [1.82, 2.24) is 9.55 Å². The molecule has 0 saturated heterocycles. The first kappa shape index (κ1) is 12.5. The summed E-state index contributed by atoms with van der Waals surface area (Å²) in [7, 11) is 3.64. The van der Waals surface area contributed by atoms with Crippen LogP contribution in [0.1, 0.15) is 17.4 Å². The van der Waals surface area contributed by atoms with E-state index in [1.807, 2.05) is 48.1 Å². The molecule has 2 rings (SSSR count). The van der Waals surface area contributed by atoms with Gasteiger partial charge in [0.15, 0.2) is 0 Å². The molecule has 1 atom stereocenters. The van der Waals surface area contributed by atoms with Gasteiger partial charge in [0, 0.05) is 26.6 Å². The minimum absolute atomic E-state index is 0.00818. The van der Waals surface area contributed by atoms with E-state index in [4.69, 9.17) is 4.74 Å². The fourth-order valence-corrected chi connectivity index (χ4v) is 1.73. The summed E-state index contributed by atoms with van der Waals surface area (Å²) >= 11 is 0. The molecule has 0 spiro atoms. The highest BCUT2D eigenvalue weighted by atomic mass is 16.5. The third-order valence-corrected chi connectivity index (χ3v) is 2.68. The van der Waals surface area contributed by atoms with Crippen LogP contribution in [0.15, 0.2) is 47.8 Å². The van der Waals surface area contributed by atoms with Gasteiger partial charge in [-0.2, -0.15) is 0 Å². The van der Waals surface area contributed by atoms with Crippen molar-refractivity contribution in [3.8, 4) is 0 Å². The Labute approximate surface area is 107 Å². The number of methoxy groups -OCH3 is 1. The Bertz CT molecular complexity index is 505. The Morgan fingerprint density at radius 2 is 2.17 bits per heavy atom. The zero-order chi connectivity index (χ0) is 12.8. The van der Waals surface area contributed by atoms with Gasteiger partial charge < -0.3 is 9.30 Å². The largest absolute Gasteiger partial charge is 0.375 e. The summed E-state index contributed by atoms with van der Waals surface area (Å²) < 4.78 is 7.34. The predicted octanol–water partition coefficient (Wildman–Crippen LogP) is 2.23. The van der Waals surface area contributed by atoms with E-state index in [0.29, 0.717) is 6.54 Å². The summed E-state index contributed by atoms with van der Waals surface area (Å²) in [5, 5.41) is 0. The maximum Gasteiger partial charge on any atom is 0.102 e. The Morgan fingerprint density at radius 3 is 2.78 bits per heavy atom. The van der Waals surface area contributed by atoms with E-state index in [2.05, 4.69) is 9.98 Å². The zero-order valence-electron chi connectivity index (χ0n) is 10.7. The highest BCUT2D eigenvalue weighted by Crippen LogP contribution is 2.16. The molecule has 0 aliphatic carbocycles. The highest BCUT2D eigenvalue weighted by molar-refractivity contribution is 5.76. The minimum atomic E-state index is -0.00818. The molecule has 0 aliphatic rings. The molecule has 1 aromatic carbocycles. The molecule has 0 amide bonds. The van der Waals surface area contributed by atoms with Crippen LogP contribution >= 0.6 is 0 Å². The van der Waals surface area contributed by atoms with Crippen molar-refractivity contribution < 1.29 is 4.74 Å². The first-order chi connectivity index (χ1) is 8.79. The average molecular weight is 243 g/mol. The SMILES string of the molecule is COC(CN=Cc1cn(C)cn1)c1ccccc1. The summed E-state index contributed by atoms with van der Waals surface area (Å²) in [5.74, 6) is 0. The van der Waals surface area contributed by atoms with Crippen molar-refractivity contribution in [2.75, 3.05) is 13.7 Å². The van der Waals surface area contributed by atoms with E-state index in [1.54, 1.807) is 19.7 Å². The van der Waals surface area contributed by atoms with E-state index in [9.17, 15) is 0 Å². The number of aryl methyl sites for hydroxylation is 1. The van der Waals surface area contributed by atoms with Crippen molar-refractivity contribution in [2.45, 2.75) is 6.10 Å². The molecule has 0 radical (unpaired) electrons. The number of hydrogen-bond donors (Lipinski definition) is 0. The third-order valence-electron chi connectivity index (χ3n) is 2.68. The number of nitrogens with zero attached hydrogens (tertiary/aromatic N) is 3. The summed E-state index contributed by atoms with van der Waals surface area (Å²) in [6.07, 6.45) is 5.45. The topological polar surface area (TPSA) is 39.4 Å². The van der Waals surface area contributed by atoms with Gasteiger partial charge in [0.2, 0.25) is 0 Å². The fraction of sp³-hybridized carbons (Fsp3) is 0.286. The summed E-state index contributed by atoms with van der Waals surface area (Å²) in [4.78, 5) is 8.56. The lowest BCUT2D eigenvalue weighted by Gasteiger charge is -2.12. The van der Waals surface area contributed by atoms with E-state index in [0.717, 1.165) is 11.3 Å². The fourth-order valence-electron chi connectivity index (χ4n) is 1.73. The van der Waals surface area contributed by atoms with Gasteiger partial charge in [0.05, 0.1) is 18.6 Å². The molecule has 0 saturated carbocycles. The monoisotopic (exact) mass is 243 g/mol. The molecule has 4 heteroatoms. The Morgan fingerprint density at radius 1 is 1.39 bits per heavy atom. The lowest BCUT2D eigenvalue weighted by molar-refractivity contribution is 0.111.